The molecule has 0 heterocycles. The summed E-state index contributed by atoms with van der Waals surface area (Å²) in [5.74, 6) is 1.22. The van der Waals surface area contributed by atoms with Crippen LogP contribution in [0.25, 0.3) is 0 Å². The Morgan fingerprint density at radius 3 is 2.12 bits per heavy atom. The molecule has 0 aliphatic carbocycles. The summed E-state index contributed by atoms with van der Waals surface area (Å²) in [6.45, 7) is 10.6. The van der Waals surface area contributed by atoms with Gasteiger partial charge in [0, 0.05) is 5.41 Å². The molecule has 0 bridgehead atoms. The molecule has 0 unspecified atom stereocenters. The van der Waals surface area contributed by atoms with Gasteiger partial charge in [0.1, 0.15) is 11.5 Å². The van der Waals surface area contributed by atoms with Crippen molar-refractivity contribution >= 4 is 6.16 Å². The second-order valence-corrected chi connectivity index (χ2v) is 6.54. The molecule has 0 radical (unpaired) electrons. The van der Waals surface area contributed by atoms with Gasteiger partial charge in [-0.05, 0) is 66.8 Å². The molecule has 4 heteroatoms. The smallest absolute Gasteiger partial charge is 0.496 e. The Kier molecular flexibility index (Phi) is 4.88. The van der Waals surface area contributed by atoms with E-state index in [1.165, 1.54) is 16.7 Å². The molecular weight excluding hydrogens is 304 g/mol. The van der Waals surface area contributed by atoms with E-state index in [9.17, 15) is 4.79 Å². The van der Waals surface area contributed by atoms with Crippen molar-refractivity contribution in [1.82, 2.24) is 0 Å². The lowest BCUT2D eigenvalue weighted by molar-refractivity contribution is 0.144. The Morgan fingerprint density at radius 2 is 1.62 bits per heavy atom. The summed E-state index contributed by atoms with van der Waals surface area (Å²) in [7, 11) is 1.69. The SMILES string of the molecule is COc1cc(C)c(C(C)(C)c2ccc(OC(=O)O)cc2)c(C)c1C. The number of hydrogen-bond donors (Lipinski definition) is 1. The molecule has 2 aromatic rings. The van der Waals surface area contributed by atoms with Crippen LogP contribution in [0.4, 0.5) is 4.79 Å². The zero-order valence-corrected chi connectivity index (χ0v) is 15.1. The van der Waals surface area contributed by atoms with Crippen molar-refractivity contribution in [3.63, 3.8) is 0 Å². The number of carbonyl (C=O) groups is 1. The molecule has 0 fully saturated rings. The highest BCUT2D eigenvalue weighted by molar-refractivity contribution is 5.61. The lowest BCUT2D eigenvalue weighted by Crippen LogP contribution is -2.22. The number of methoxy groups -OCH3 is 1. The van der Waals surface area contributed by atoms with Crippen molar-refractivity contribution in [2.45, 2.75) is 40.0 Å². The molecule has 0 atom stereocenters. The van der Waals surface area contributed by atoms with Crippen LogP contribution in [-0.4, -0.2) is 18.4 Å². The number of hydrogen-bond acceptors (Lipinski definition) is 3. The quantitative estimate of drug-likeness (QED) is 0.633. The van der Waals surface area contributed by atoms with Crippen LogP contribution in [0, 0.1) is 20.8 Å². The van der Waals surface area contributed by atoms with E-state index in [0.29, 0.717) is 5.75 Å². The van der Waals surface area contributed by atoms with E-state index < -0.39 is 6.16 Å². The summed E-state index contributed by atoms with van der Waals surface area (Å²) in [6, 6.07) is 9.27. The van der Waals surface area contributed by atoms with Crippen molar-refractivity contribution in [2.24, 2.45) is 0 Å². The highest BCUT2D eigenvalue weighted by Crippen LogP contribution is 2.39. The monoisotopic (exact) mass is 328 g/mol. The average molecular weight is 328 g/mol. The average Bonchev–Trinajstić information content (AvgIpc) is 2.50. The minimum absolute atomic E-state index is 0.229. The standard InChI is InChI=1S/C20H24O4/c1-12-11-17(23-6)13(2)14(3)18(12)20(4,5)15-7-9-16(10-8-15)24-19(21)22/h7-11H,1-6H3,(H,21,22). The summed E-state index contributed by atoms with van der Waals surface area (Å²) in [5, 5.41) is 8.69. The van der Waals surface area contributed by atoms with Gasteiger partial charge in [0.25, 0.3) is 0 Å². The summed E-state index contributed by atoms with van der Waals surface area (Å²) >= 11 is 0. The molecule has 0 aliphatic rings. The maximum absolute atomic E-state index is 10.6. The molecule has 128 valence electrons. The topological polar surface area (TPSA) is 55.8 Å². The number of benzene rings is 2. The summed E-state index contributed by atoms with van der Waals surface area (Å²) in [5.41, 5.74) is 5.64. The summed E-state index contributed by atoms with van der Waals surface area (Å²) < 4.78 is 10.1. The number of carboxylic acid groups (broad SMARTS) is 1. The van der Waals surface area contributed by atoms with Gasteiger partial charge >= 0.3 is 6.16 Å². The molecule has 0 aromatic heterocycles. The van der Waals surface area contributed by atoms with Crippen molar-refractivity contribution in [2.75, 3.05) is 7.11 Å². The number of ether oxygens (including phenoxy) is 2. The molecule has 0 saturated heterocycles. The minimum atomic E-state index is -1.31. The van der Waals surface area contributed by atoms with Crippen LogP contribution in [0.2, 0.25) is 0 Å². The third-order valence-electron chi connectivity index (χ3n) is 4.68. The molecule has 0 amide bonds. The maximum atomic E-state index is 10.6. The molecular formula is C20H24O4. The van der Waals surface area contributed by atoms with Gasteiger partial charge in [-0.1, -0.05) is 26.0 Å². The first-order valence-corrected chi connectivity index (χ1v) is 7.85. The van der Waals surface area contributed by atoms with Crippen LogP contribution >= 0.6 is 0 Å². The predicted molar refractivity (Wildman–Crippen MR) is 94.4 cm³/mol. The van der Waals surface area contributed by atoms with Crippen LogP contribution < -0.4 is 9.47 Å². The highest BCUT2D eigenvalue weighted by atomic mass is 16.7. The molecule has 24 heavy (non-hydrogen) atoms. The predicted octanol–water partition coefficient (Wildman–Crippen LogP) is 5.00. The molecule has 0 saturated carbocycles. The lowest BCUT2D eigenvalue weighted by atomic mass is 9.73. The van der Waals surface area contributed by atoms with Crippen LogP contribution in [-0.2, 0) is 5.41 Å². The molecule has 1 N–H and O–H groups in total. The van der Waals surface area contributed by atoms with Gasteiger partial charge in [0.05, 0.1) is 7.11 Å². The third kappa shape index (κ3) is 3.23. The first-order chi connectivity index (χ1) is 11.2. The fraction of sp³-hybridized carbons (Fsp3) is 0.350. The van der Waals surface area contributed by atoms with E-state index in [0.717, 1.165) is 16.9 Å². The second kappa shape index (κ2) is 6.56. The van der Waals surface area contributed by atoms with Crippen LogP contribution in [0.3, 0.4) is 0 Å². The van der Waals surface area contributed by atoms with Crippen molar-refractivity contribution in [3.05, 3.63) is 58.1 Å². The normalized spacial score (nSPS) is 11.2. The Hall–Kier alpha value is -2.49. The van der Waals surface area contributed by atoms with Crippen molar-refractivity contribution in [3.8, 4) is 11.5 Å². The molecule has 2 aromatic carbocycles. The Bertz CT molecular complexity index is 758. The maximum Gasteiger partial charge on any atom is 0.511 e. The second-order valence-electron chi connectivity index (χ2n) is 6.54. The largest absolute Gasteiger partial charge is 0.511 e. The van der Waals surface area contributed by atoms with Crippen molar-refractivity contribution < 1.29 is 19.4 Å². The van der Waals surface area contributed by atoms with Gasteiger partial charge in [0.2, 0.25) is 0 Å². The van der Waals surface area contributed by atoms with E-state index >= 15 is 0 Å². The summed E-state index contributed by atoms with van der Waals surface area (Å²) in [4.78, 5) is 10.6. The molecule has 0 spiro atoms. The Morgan fingerprint density at radius 1 is 1.04 bits per heavy atom. The third-order valence-corrected chi connectivity index (χ3v) is 4.68. The van der Waals surface area contributed by atoms with E-state index in [-0.39, 0.29) is 5.41 Å². The van der Waals surface area contributed by atoms with Gasteiger partial charge in [-0.25, -0.2) is 4.79 Å². The van der Waals surface area contributed by atoms with Crippen LogP contribution in [0.15, 0.2) is 30.3 Å². The van der Waals surface area contributed by atoms with E-state index in [1.807, 2.05) is 12.1 Å². The molecule has 2 rings (SSSR count). The Labute approximate surface area is 143 Å². The fourth-order valence-corrected chi connectivity index (χ4v) is 3.40. The van der Waals surface area contributed by atoms with Gasteiger partial charge < -0.3 is 14.6 Å². The van der Waals surface area contributed by atoms with E-state index in [4.69, 9.17) is 9.84 Å². The van der Waals surface area contributed by atoms with Gasteiger partial charge in [-0.15, -0.1) is 0 Å². The highest BCUT2D eigenvalue weighted by Gasteiger charge is 2.28. The Balaban J connectivity index is 2.51. The zero-order chi connectivity index (χ0) is 18.1. The number of rotatable bonds is 4. The van der Waals surface area contributed by atoms with Crippen LogP contribution in [0.1, 0.15) is 41.7 Å². The zero-order valence-electron chi connectivity index (χ0n) is 15.1. The number of aryl methyl sites for hydroxylation is 1. The molecule has 4 nitrogen and oxygen atoms in total. The summed E-state index contributed by atoms with van der Waals surface area (Å²) in [6.07, 6.45) is -1.31. The lowest BCUT2D eigenvalue weighted by Gasteiger charge is -2.31. The fourth-order valence-electron chi connectivity index (χ4n) is 3.40. The van der Waals surface area contributed by atoms with E-state index in [1.54, 1.807) is 19.2 Å². The van der Waals surface area contributed by atoms with Gasteiger partial charge in [-0.2, -0.15) is 0 Å². The first-order valence-electron chi connectivity index (χ1n) is 7.85. The van der Waals surface area contributed by atoms with Gasteiger partial charge in [-0.3, -0.25) is 0 Å². The molecule has 0 aliphatic heterocycles. The first kappa shape index (κ1) is 17.9. The van der Waals surface area contributed by atoms with E-state index in [2.05, 4.69) is 45.4 Å². The van der Waals surface area contributed by atoms with Crippen LogP contribution in [0.5, 0.6) is 11.5 Å². The minimum Gasteiger partial charge on any atom is -0.496 e. The van der Waals surface area contributed by atoms with Crippen molar-refractivity contribution in [1.29, 1.82) is 0 Å². The van der Waals surface area contributed by atoms with Gasteiger partial charge in [0.15, 0.2) is 0 Å².